The lowest BCUT2D eigenvalue weighted by atomic mass is 9.69. The third kappa shape index (κ3) is 7.89. The molecule has 6 atom stereocenters. The number of hydrogen-bond acceptors (Lipinski definition) is 2. The van der Waals surface area contributed by atoms with Crippen LogP contribution in [0, 0.1) is 23.7 Å². The Morgan fingerprint density at radius 3 is 1.96 bits per heavy atom. The SMILES string of the molecule is CC1=CC(N(C2=CCCCC2C)c2ccc(C3=CC=CCC3C)cc2)CCC1C1CCCCC1Nc1ccc(-c2ccc(-c3ccccc3)cc2)cc1. The predicted molar refractivity (Wildman–Crippen MR) is 228 cm³/mol. The Labute approximate surface area is 319 Å². The molecule has 0 saturated heterocycles. The molecule has 0 bridgehead atoms. The van der Waals surface area contributed by atoms with Gasteiger partial charge in [0.1, 0.15) is 0 Å². The molecule has 2 nitrogen and oxygen atoms in total. The second-order valence-electron chi connectivity index (χ2n) is 16.4. The van der Waals surface area contributed by atoms with Crippen molar-refractivity contribution in [2.45, 2.75) is 97.1 Å². The minimum Gasteiger partial charge on any atom is -0.382 e. The summed E-state index contributed by atoms with van der Waals surface area (Å²) < 4.78 is 0. The van der Waals surface area contributed by atoms with Gasteiger partial charge in [0.2, 0.25) is 0 Å². The van der Waals surface area contributed by atoms with Gasteiger partial charge in [-0.15, -0.1) is 0 Å². The number of nitrogens with one attached hydrogen (secondary N) is 1. The van der Waals surface area contributed by atoms with E-state index in [0.29, 0.717) is 35.8 Å². The summed E-state index contributed by atoms with van der Waals surface area (Å²) in [7, 11) is 0. The smallest absolute Gasteiger partial charge is 0.0521 e. The number of rotatable bonds is 9. The van der Waals surface area contributed by atoms with Gasteiger partial charge in [0.05, 0.1) is 6.04 Å². The third-order valence-electron chi connectivity index (χ3n) is 12.9. The highest BCUT2D eigenvalue weighted by molar-refractivity contribution is 5.73. The molecule has 4 aromatic carbocycles. The number of anilines is 2. The number of nitrogens with zero attached hydrogens (tertiary/aromatic N) is 1. The van der Waals surface area contributed by atoms with Crippen LogP contribution in [0.2, 0.25) is 0 Å². The van der Waals surface area contributed by atoms with E-state index in [1.165, 1.54) is 108 Å². The molecule has 53 heavy (non-hydrogen) atoms. The van der Waals surface area contributed by atoms with E-state index in [-0.39, 0.29) is 0 Å². The van der Waals surface area contributed by atoms with E-state index in [1.54, 1.807) is 5.57 Å². The fraction of sp³-hybridized carbons (Fsp3) is 0.373. The normalized spacial score (nSPS) is 25.9. The highest BCUT2D eigenvalue weighted by Crippen LogP contribution is 2.44. The lowest BCUT2D eigenvalue weighted by Crippen LogP contribution is -2.42. The zero-order valence-corrected chi connectivity index (χ0v) is 32.2. The first-order valence-electron chi connectivity index (χ1n) is 20.7. The Kier molecular flexibility index (Phi) is 10.8. The molecule has 1 N–H and O–H groups in total. The molecule has 0 radical (unpaired) electrons. The van der Waals surface area contributed by atoms with Crippen LogP contribution in [0.3, 0.4) is 0 Å². The maximum Gasteiger partial charge on any atom is 0.0521 e. The molecule has 4 aromatic rings. The van der Waals surface area contributed by atoms with Gasteiger partial charge in [-0.1, -0.05) is 142 Å². The summed E-state index contributed by atoms with van der Waals surface area (Å²) in [6.45, 7) is 7.25. The maximum absolute atomic E-state index is 4.06. The highest BCUT2D eigenvalue weighted by Gasteiger charge is 2.37. The Balaban J connectivity index is 0.980. The molecule has 1 saturated carbocycles. The quantitative estimate of drug-likeness (QED) is 0.175. The van der Waals surface area contributed by atoms with Crippen molar-refractivity contribution in [1.29, 1.82) is 0 Å². The average Bonchev–Trinajstić information content (AvgIpc) is 3.20. The van der Waals surface area contributed by atoms with Crippen molar-refractivity contribution in [3.63, 3.8) is 0 Å². The molecule has 0 heterocycles. The van der Waals surface area contributed by atoms with Crippen molar-refractivity contribution in [3.8, 4) is 22.3 Å². The van der Waals surface area contributed by atoms with Gasteiger partial charge in [0.15, 0.2) is 0 Å². The summed E-state index contributed by atoms with van der Waals surface area (Å²) in [6, 6.07) is 39.3. The first kappa shape index (κ1) is 35.5. The molecular weight excluding hydrogens is 641 g/mol. The van der Waals surface area contributed by atoms with E-state index in [0.717, 1.165) is 6.42 Å². The Hall–Kier alpha value is -4.56. The number of hydrogen-bond donors (Lipinski definition) is 1. The van der Waals surface area contributed by atoms with Crippen molar-refractivity contribution in [1.82, 2.24) is 0 Å². The summed E-state index contributed by atoms with van der Waals surface area (Å²) in [5, 5.41) is 4.06. The Morgan fingerprint density at radius 1 is 0.623 bits per heavy atom. The van der Waals surface area contributed by atoms with Gasteiger partial charge in [-0.05, 0) is 140 Å². The molecule has 4 aliphatic rings. The molecule has 0 amide bonds. The van der Waals surface area contributed by atoms with E-state index in [1.807, 2.05) is 0 Å². The van der Waals surface area contributed by atoms with Crippen molar-refractivity contribution >= 4 is 16.9 Å². The molecule has 4 aliphatic carbocycles. The minimum absolute atomic E-state index is 0.406. The molecule has 0 aromatic heterocycles. The Bertz CT molecular complexity index is 1940. The average molecular weight is 699 g/mol. The molecule has 272 valence electrons. The Morgan fingerprint density at radius 2 is 1.28 bits per heavy atom. The van der Waals surface area contributed by atoms with Gasteiger partial charge in [-0.25, -0.2) is 0 Å². The van der Waals surface area contributed by atoms with Crippen LogP contribution in [-0.4, -0.2) is 12.1 Å². The highest BCUT2D eigenvalue weighted by atomic mass is 15.2. The van der Waals surface area contributed by atoms with Crippen molar-refractivity contribution < 1.29 is 0 Å². The zero-order chi connectivity index (χ0) is 36.1. The molecule has 6 unspecified atom stereocenters. The van der Waals surface area contributed by atoms with Crippen molar-refractivity contribution in [2.75, 3.05) is 10.2 Å². The summed E-state index contributed by atoms with van der Waals surface area (Å²) in [5.74, 6) is 2.48. The van der Waals surface area contributed by atoms with Crippen LogP contribution in [0.1, 0.15) is 90.5 Å². The van der Waals surface area contributed by atoms with Crippen LogP contribution in [0.15, 0.2) is 145 Å². The van der Waals surface area contributed by atoms with Crippen molar-refractivity contribution in [3.05, 3.63) is 150 Å². The van der Waals surface area contributed by atoms with Crippen LogP contribution >= 0.6 is 0 Å². The van der Waals surface area contributed by atoms with Gasteiger partial charge in [-0.2, -0.15) is 0 Å². The molecule has 0 aliphatic heterocycles. The molecule has 8 rings (SSSR count). The number of allylic oxidation sites excluding steroid dienone is 7. The minimum atomic E-state index is 0.406. The predicted octanol–water partition coefficient (Wildman–Crippen LogP) is 13.9. The van der Waals surface area contributed by atoms with Crippen LogP contribution in [0.25, 0.3) is 27.8 Å². The van der Waals surface area contributed by atoms with Gasteiger partial charge in [0, 0.05) is 23.1 Å². The van der Waals surface area contributed by atoms with Crippen LogP contribution in [0.4, 0.5) is 11.4 Å². The van der Waals surface area contributed by atoms with E-state index in [4.69, 9.17) is 0 Å². The van der Waals surface area contributed by atoms with Crippen molar-refractivity contribution in [2.24, 2.45) is 23.7 Å². The third-order valence-corrected chi connectivity index (χ3v) is 12.9. The van der Waals surface area contributed by atoms with E-state index in [9.17, 15) is 0 Å². The molecule has 0 spiro atoms. The van der Waals surface area contributed by atoms with Crippen LogP contribution in [0.5, 0.6) is 0 Å². The first-order valence-corrected chi connectivity index (χ1v) is 20.7. The standard InChI is InChI=1S/C51H58N2/c1-36-13-7-9-17-47(36)43-27-31-45(32-28-43)53(51-20-12-8-14-37(51)2)46-33-34-48(38(3)35-46)49-18-10-11-19-50(49)52-44-29-25-42(26-30-44)41-23-21-40(22-24-41)39-15-5-4-6-16-39/h4-7,9,15-17,20-32,35-37,46,48-50,52H,8,10-14,18-19,33-34H2,1-3H3. The van der Waals surface area contributed by atoms with Gasteiger partial charge < -0.3 is 10.2 Å². The molecular formula is C51H58N2. The number of benzene rings is 4. The fourth-order valence-corrected chi connectivity index (χ4v) is 9.95. The van der Waals surface area contributed by atoms with Gasteiger partial charge >= 0.3 is 0 Å². The van der Waals surface area contributed by atoms with E-state index >= 15 is 0 Å². The van der Waals surface area contributed by atoms with Crippen LogP contribution < -0.4 is 10.2 Å². The zero-order valence-electron chi connectivity index (χ0n) is 32.2. The summed E-state index contributed by atoms with van der Waals surface area (Å²) in [5.41, 5.74) is 13.6. The second kappa shape index (κ2) is 16.2. The largest absolute Gasteiger partial charge is 0.382 e. The second-order valence-corrected chi connectivity index (χ2v) is 16.4. The molecule has 2 heteroatoms. The summed E-state index contributed by atoms with van der Waals surface area (Å²) >= 11 is 0. The lowest BCUT2D eigenvalue weighted by Gasteiger charge is -2.44. The first-order chi connectivity index (χ1) is 26.0. The fourth-order valence-electron chi connectivity index (χ4n) is 9.95. The molecule has 1 fully saturated rings. The topological polar surface area (TPSA) is 15.3 Å². The van der Waals surface area contributed by atoms with Crippen LogP contribution in [-0.2, 0) is 0 Å². The summed E-state index contributed by atoms with van der Waals surface area (Å²) in [6.07, 6.45) is 24.7. The summed E-state index contributed by atoms with van der Waals surface area (Å²) in [4.78, 5) is 2.74. The van der Waals surface area contributed by atoms with E-state index < -0.39 is 0 Å². The van der Waals surface area contributed by atoms with Gasteiger partial charge in [0.25, 0.3) is 0 Å². The van der Waals surface area contributed by atoms with E-state index in [2.05, 4.69) is 164 Å². The lowest BCUT2D eigenvalue weighted by molar-refractivity contribution is 0.230. The monoisotopic (exact) mass is 698 g/mol. The maximum atomic E-state index is 4.06. The van der Waals surface area contributed by atoms with Gasteiger partial charge in [-0.3, -0.25) is 0 Å².